The molecule has 1 aliphatic rings. The highest BCUT2D eigenvalue weighted by Gasteiger charge is 2.42. The van der Waals surface area contributed by atoms with Gasteiger partial charge in [-0.1, -0.05) is 42.5 Å². The highest BCUT2D eigenvalue weighted by molar-refractivity contribution is 6.00. The second-order valence-corrected chi connectivity index (χ2v) is 6.69. The third-order valence-corrected chi connectivity index (χ3v) is 5.00. The fraction of sp³-hybridized carbons (Fsp3) is 0.0909. The lowest BCUT2D eigenvalue weighted by molar-refractivity contribution is 0.0717. The number of H-pyrrole nitrogens is 1. The van der Waals surface area contributed by atoms with E-state index in [1.165, 1.54) is 12.1 Å². The molecule has 1 amide bonds. The molecule has 0 spiro atoms. The number of fused-ring (bicyclic) bond motifs is 1. The zero-order valence-electron chi connectivity index (χ0n) is 14.8. The third kappa shape index (κ3) is 2.62. The normalized spacial score (nSPS) is 15.8. The molecule has 4 aromatic rings. The van der Waals surface area contributed by atoms with E-state index in [0.717, 1.165) is 22.4 Å². The van der Waals surface area contributed by atoms with Gasteiger partial charge in [0.05, 0.1) is 24.5 Å². The standard InChI is InChI=1S/C22H16FN3O2/c23-16-10-8-15(9-11-16)21-18-19(14-5-2-1-3-6-14)24-25-20(18)22(27)26(21)13-17-7-4-12-28-17/h1-12,21H,13H2,(H,24,25). The van der Waals surface area contributed by atoms with Crippen LogP contribution < -0.4 is 0 Å². The molecule has 0 aliphatic carbocycles. The summed E-state index contributed by atoms with van der Waals surface area (Å²) < 4.78 is 19.0. The van der Waals surface area contributed by atoms with E-state index in [2.05, 4.69) is 10.2 Å². The highest BCUT2D eigenvalue weighted by atomic mass is 19.1. The number of rotatable bonds is 4. The van der Waals surface area contributed by atoms with Crippen LogP contribution in [0.5, 0.6) is 0 Å². The molecule has 28 heavy (non-hydrogen) atoms. The van der Waals surface area contributed by atoms with E-state index in [0.29, 0.717) is 18.0 Å². The van der Waals surface area contributed by atoms with Crippen LogP contribution in [0.3, 0.4) is 0 Å². The first-order valence-electron chi connectivity index (χ1n) is 8.95. The van der Waals surface area contributed by atoms with Crippen LogP contribution >= 0.6 is 0 Å². The summed E-state index contributed by atoms with van der Waals surface area (Å²) in [5, 5.41) is 7.32. The van der Waals surface area contributed by atoms with Crippen LogP contribution in [-0.2, 0) is 6.54 Å². The number of hydrogen-bond acceptors (Lipinski definition) is 3. The van der Waals surface area contributed by atoms with Gasteiger partial charge in [-0.3, -0.25) is 9.89 Å². The number of nitrogens with one attached hydrogen (secondary N) is 1. The van der Waals surface area contributed by atoms with E-state index in [1.54, 1.807) is 29.4 Å². The highest BCUT2D eigenvalue weighted by Crippen LogP contribution is 2.43. The van der Waals surface area contributed by atoms with Crippen LogP contribution in [0, 0.1) is 5.82 Å². The van der Waals surface area contributed by atoms with Crippen LogP contribution in [0.2, 0.25) is 0 Å². The Morgan fingerprint density at radius 3 is 2.54 bits per heavy atom. The van der Waals surface area contributed by atoms with E-state index in [4.69, 9.17) is 4.42 Å². The predicted molar refractivity (Wildman–Crippen MR) is 101 cm³/mol. The Labute approximate surface area is 160 Å². The molecule has 1 N–H and O–H groups in total. The van der Waals surface area contributed by atoms with Crippen LogP contribution in [-0.4, -0.2) is 21.0 Å². The molecule has 0 saturated heterocycles. The zero-order chi connectivity index (χ0) is 19.1. The molecular weight excluding hydrogens is 357 g/mol. The van der Waals surface area contributed by atoms with Crippen molar-refractivity contribution in [1.82, 2.24) is 15.1 Å². The van der Waals surface area contributed by atoms with Crippen LogP contribution in [0.1, 0.15) is 33.4 Å². The minimum atomic E-state index is -0.387. The Balaban J connectivity index is 1.66. The number of furan rings is 1. The van der Waals surface area contributed by atoms with Crippen LogP contribution in [0.15, 0.2) is 77.4 Å². The molecule has 1 unspecified atom stereocenters. The largest absolute Gasteiger partial charge is 0.467 e. The molecule has 1 aliphatic heterocycles. The van der Waals surface area contributed by atoms with Crippen molar-refractivity contribution >= 4 is 5.91 Å². The zero-order valence-corrected chi connectivity index (χ0v) is 14.8. The molecular formula is C22H16FN3O2. The summed E-state index contributed by atoms with van der Waals surface area (Å²) >= 11 is 0. The van der Waals surface area contributed by atoms with E-state index < -0.39 is 0 Å². The third-order valence-electron chi connectivity index (χ3n) is 5.00. The maximum atomic E-state index is 13.5. The average Bonchev–Trinajstić information content (AvgIpc) is 3.44. The first-order valence-corrected chi connectivity index (χ1v) is 8.95. The summed E-state index contributed by atoms with van der Waals surface area (Å²) in [6.07, 6.45) is 1.58. The number of amides is 1. The summed E-state index contributed by atoms with van der Waals surface area (Å²) in [6, 6.07) is 19.2. The summed E-state index contributed by atoms with van der Waals surface area (Å²) in [5.74, 6) is 0.205. The maximum Gasteiger partial charge on any atom is 0.273 e. The van der Waals surface area contributed by atoms with E-state index in [-0.39, 0.29) is 17.8 Å². The van der Waals surface area contributed by atoms with Crippen molar-refractivity contribution in [1.29, 1.82) is 0 Å². The molecule has 2 aromatic heterocycles. The Kier molecular flexibility index (Phi) is 3.83. The molecule has 138 valence electrons. The van der Waals surface area contributed by atoms with Gasteiger partial charge in [0.15, 0.2) is 0 Å². The van der Waals surface area contributed by atoms with Crippen molar-refractivity contribution in [3.05, 3.63) is 101 Å². The number of benzene rings is 2. The monoisotopic (exact) mass is 373 g/mol. The fourth-order valence-corrected chi connectivity index (χ4v) is 3.74. The number of nitrogens with zero attached hydrogens (tertiary/aromatic N) is 2. The van der Waals surface area contributed by atoms with Crippen molar-refractivity contribution in [2.45, 2.75) is 12.6 Å². The first kappa shape index (κ1) is 16.5. The van der Waals surface area contributed by atoms with Crippen LogP contribution in [0.25, 0.3) is 11.3 Å². The SMILES string of the molecule is O=C1c2[nH]nc(-c3ccccc3)c2C(c2ccc(F)cc2)N1Cc1ccco1. The molecule has 0 saturated carbocycles. The van der Waals surface area contributed by atoms with Crippen LogP contribution in [0.4, 0.5) is 4.39 Å². The first-order chi connectivity index (χ1) is 13.7. The summed E-state index contributed by atoms with van der Waals surface area (Å²) in [7, 11) is 0. The Morgan fingerprint density at radius 2 is 1.82 bits per heavy atom. The fourth-order valence-electron chi connectivity index (χ4n) is 3.74. The molecule has 5 rings (SSSR count). The molecule has 6 heteroatoms. The molecule has 0 bridgehead atoms. The van der Waals surface area contributed by atoms with Gasteiger partial charge in [-0.05, 0) is 29.8 Å². The molecule has 1 atom stereocenters. The number of hydrogen-bond donors (Lipinski definition) is 1. The van der Waals surface area contributed by atoms with E-state index >= 15 is 0 Å². The van der Waals surface area contributed by atoms with Gasteiger partial charge < -0.3 is 9.32 Å². The Hall–Kier alpha value is -3.67. The molecule has 3 heterocycles. The van der Waals surface area contributed by atoms with Gasteiger partial charge in [0, 0.05) is 11.1 Å². The summed E-state index contributed by atoms with van der Waals surface area (Å²) in [5.41, 5.74) is 3.72. The summed E-state index contributed by atoms with van der Waals surface area (Å²) in [4.78, 5) is 14.9. The Bertz CT molecular complexity index is 1120. The van der Waals surface area contributed by atoms with Gasteiger partial charge in [-0.25, -0.2) is 4.39 Å². The minimum absolute atomic E-state index is 0.157. The molecule has 0 radical (unpaired) electrons. The number of carbonyl (C=O) groups excluding carboxylic acids is 1. The van der Waals surface area contributed by atoms with Gasteiger partial charge >= 0.3 is 0 Å². The van der Waals surface area contributed by atoms with Crippen molar-refractivity contribution in [3.63, 3.8) is 0 Å². The van der Waals surface area contributed by atoms with E-state index in [1.807, 2.05) is 36.4 Å². The molecule has 2 aromatic carbocycles. The van der Waals surface area contributed by atoms with Gasteiger partial charge in [0.1, 0.15) is 17.3 Å². The average molecular weight is 373 g/mol. The van der Waals surface area contributed by atoms with Gasteiger partial charge in [0.25, 0.3) is 5.91 Å². The number of carbonyl (C=O) groups is 1. The van der Waals surface area contributed by atoms with Crippen molar-refractivity contribution in [3.8, 4) is 11.3 Å². The lowest BCUT2D eigenvalue weighted by Gasteiger charge is -2.25. The van der Waals surface area contributed by atoms with E-state index in [9.17, 15) is 9.18 Å². The quantitative estimate of drug-likeness (QED) is 0.571. The van der Waals surface area contributed by atoms with Gasteiger partial charge in [-0.2, -0.15) is 5.10 Å². The second kappa shape index (κ2) is 6.49. The lowest BCUT2D eigenvalue weighted by atomic mass is 9.96. The smallest absolute Gasteiger partial charge is 0.273 e. The van der Waals surface area contributed by atoms with Crippen molar-refractivity contribution < 1.29 is 13.6 Å². The topological polar surface area (TPSA) is 62.1 Å². The lowest BCUT2D eigenvalue weighted by Crippen LogP contribution is -2.29. The maximum absolute atomic E-state index is 13.5. The summed E-state index contributed by atoms with van der Waals surface area (Å²) in [6.45, 7) is 0.310. The Morgan fingerprint density at radius 1 is 1.04 bits per heavy atom. The molecule has 0 fully saturated rings. The van der Waals surface area contributed by atoms with Gasteiger partial charge in [0.2, 0.25) is 0 Å². The number of aromatic amines is 1. The number of aromatic nitrogens is 2. The van der Waals surface area contributed by atoms with Gasteiger partial charge in [-0.15, -0.1) is 0 Å². The minimum Gasteiger partial charge on any atom is -0.467 e. The molecule has 5 nitrogen and oxygen atoms in total. The second-order valence-electron chi connectivity index (χ2n) is 6.69. The predicted octanol–water partition coefficient (Wildman–Crippen LogP) is 4.55. The van der Waals surface area contributed by atoms with Crippen molar-refractivity contribution in [2.24, 2.45) is 0 Å². The van der Waals surface area contributed by atoms with Crippen molar-refractivity contribution in [2.75, 3.05) is 0 Å². The number of halogens is 1.